The summed E-state index contributed by atoms with van der Waals surface area (Å²) in [6.07, 6.45) is 2.34. The van der Waals surface area contributed by atoms with Crippen LogP contribution >= 0.6 is 11.6 Å². The minimum atomic E-state index is -0.623. The number of nitrogens with zero attached hydrogens (tertiary/aromatic N) is 1. The molecule has 0 fully saturated rings. The zero-order valence-corrected chi connectivity index (χ0v) is 19.2. The Labute approximate surface area is 189 Å². The average Bonchev–Trinajstić information content (AvgIpc) is 2.79. The zero-order valence-electron chi connectivity index (χ0n) is 18.4. The van der Waals surface area contributed by atoms with Gasteiger partial charge in [0.1, 0.15) is 6.04 Å². The summed E-state index contributed by atoms with van der Waals surface area (Å²) in [5.41, 5.74) is 0.773. The van der Waals surface area contributed by atoms with Gasteiger partial charge < -0.3 is 19.7 Å². The van der Waals surface area contributed by atoms with E-state index < -0.39 is 6.04 Å². The molecule has 168 valence electrons. The molecular formula is C24H31ClN2O4. The monoisotopic (exact) mass is 446 g/mol. The van der Waals surface area contributed by atoms with Crippen LogP contribution in [0.25, 0.3) is 0 Å². The van der Waals surface area contributed by atoms with Crippen molar-refractivity contribution in [2.24, 2.45) is 0 Å². The number of unbranched alkanes of at least 4 members (excludes halogenated alkanes) is 1. The van der Waals surface area contributed by atoms with Gasteiger partial charge in [-0.05, 0) is 36.6 Å². The zero-order chi connectivity index (χ0) is 22.6. The van der Waals surface area contributed by atoms with E-state index in [-0.39, 0.29) is 25.0 Å². The van der Waals surface area contributed by atoms with E-state index in [0.717, 1.165) is 18.4 Å². The third-order valence-corrected chi connectivity index (χ3v) is 5.30. The fourth-order valence-corrected chi connectivity index (χ4v) is 3.39. The van der Waals surface area contributed by atoms with Crippen LogP contribution < -0.4 is 14.8 Å². The SMILES string of the molecule is CCCCNC(=O)C(CC)N(Cc1ccccc1Cl)C(=O)COc1ccccc1OC. The quantitative estimate of drug-likeness (QED) is 0.489. The first-order valence-corrected chi connectivity index (χ1v) is 11.0. The summed E-state index contributed by atoms with van der Waals surface area (Å²) in [6.45, 7) is 4.53. The number of rotatable bonds is 12. The summed E-state index contributed by atoms with van der Waals surface area (Å²) in [4.78, 5) is 27.6. The second-order valence-electron chi connectivity index (χ2n) is 7.12. The van der Waals surface area contributed by atoms with Crippen LogP contribution in [0.1, 0.15) is 38.7 Å². The Bertz CT molecular complexity index is 859. The molecule has 7 heteroatoms. The van der Waals surface area contributed by atoms with Crippen molar-refractivity contribution in [1.29, 1.82) is 0 Å². The van der Waals surface area contributed by atoms with Gasteiger partial charge in [0.05, 0.1) is 7.11 Å². The van der Waals surface area contributed by atoms with Gasteiger partial charge in [-0.2, -0.15) is 0 Å². The highest BCUT2D eigenvalue weighted by atomic mass is 35.5. The van der Waals surface area contributed by atoms with E-state index in [0.29, 0.717) is 29.5 Å². The molecule has 1 atom stereocenters. The average molecular weight is 447 g/mol. The summed E-state index contributed by atoms with van der Waals surface area (Å²) in [5.74, 6) is 0.533. The molecule has 0 aliphatic heterocycles. The molecule has 1 N–H and O–H groups in total. The van der Waals surface area contributed by atoms with Crippen LogP contribution in [0, 0.1) is 0 Å². The van der Waals surface area contributed by atoms with Crippen molar-refractivity contribution in [2.45, 2.75) is 45.7 Å². The molecule has 0 aliphatic carbocycles. The molecule has 2 rings (SSSR count). The lowest BCUT2D eigenvalue weighted by atomic mass is 10.1. The van der Waals surface area contributed by atoms with Crippen molar-refractivity contribution < 1.29 is 19.1 Å². The highest BCUT2D eigenvalue weighted by Gasteiger charge is 2.29. The molecule has 6 nitrogen and oxygen atoms in total. The van der Waals surface area contributed by atoms with Crippen LogP contribution in [0.4, 0.5) is 0 Å². The second-order valence-corrected chi connectivity index (χ2v) is 7.53. The van der Waals surface area contributed by atoms with Crippen LogP contribution in [0.2, 0.25) is 5.02 Å². The third kappa shape index (κ3) is 7.17. The summed E-state index contributed by atoms with van der Waals surface area (Å²) in [6, 6.07) is 13.8. The van der Waals surface area contributed by atoms with Crippen molar-refractivity contribution >= 4 is 23.4 Å². The van der Waals surface area contributed by atoms with Gasteiger partial charge in [-0.15, -0.1) is 0 Å². The largest absolute Gasteiger partial charge is 0.493 e. The van der Waals surface area contributed by atoms with Gasteiger partial charge in [0.2, 0.25) is 5.91 Å². The number of hydrogen-bond donors (Lipinski definition) is 1. The topological polar surface area (TPSA) is 67.9 Å². The van der Waals surface area contributed by atoms with Gasteiger partial charge in [0.25, 0.3) is 5.91 Å². The van der Waals surface area contributed by atoms with Crippen LogP contribution in [-0.4, -0.2) is 43.0 Å². The van der Waals surface area contributed by atoms with E-state index in [1.165, 1.54) is 4.90 Å². The van der Waals surface area contributed by atoms with Crippen LogP contribution in [-0.2, 0) is 16.1 Å². The maximum Gasteiger partial charge on any atom is 0.261 e. The number of para-hydroxylation sites is 2. The Morgan fingerprint density at radius 3 is 2.39 bits per heavy atom. The van der Waals surface area contributed by atoms with Gasteiger partial charge in [0, 0.05) is 18.1 Å². The first-order chi connectivity index (χ1) is 15.0. The number of carbonyl (C=O) groups is 2. The molecule has 2 aromatic carbocycles. The van der Waals surface area contributed by atoms with E-state index in [1.54, 1.807) is 31.4 Å². The van der Waals surface area contributed by atoms with E-state index in [9.17, 15) is 9.59 Å². The number of halogens is 1. The van der Waals surface area contributed by atoms with E-state index in [1.807, 2.05) is 31.2 Å². The van der Waals surface area contributed by atoms with Gasteiger partial charge in [-0.25, -0.2) is 0 Å². The van der Waals surface area contributed by atoms with Gasteiger partial charge >= 0.3 is 0 Å². The molecule has 0 saturated carbocycles. The van der Waals surface area contributed by atoms with E-state index in [4.69, 9.17) is 21.1 Å². The number of carbonyl (C=O) groups excluding carboxylic acids is 2. The summed E-state index contributed by atoms with van der Waals surface area (Å²) < 4.78 is 11.0. The van der Waals surface area contributed by atoms with E-state index in [2.05, 4.69) is 12.2 Å². The Morgan fingerprint density at radius 2 is 1.74 bits per heavy atom. The van der Waals surface area contributed by atoms with Gasteiger partial charge in [-0.1, -0.05) is 62.2 Å². The Morgan fingerprint density at radius 1 is 1.06 bits per heavy atom. The maximum atomic E-state index is 13.2. The second kappa shape index (κ2) is 12.8. The number of ether oxygens (including phenoxy) is 2. The van der Waals surface area contributed by atoms with Gasteiger partial charge in [0.15, 0.2) is 18.1 Å². The molecule has 0 heterocycles. The molecule has 0 aliphatic rings. The first kappa shape index (κ1) is 24.5. The van der Waals surface area contributed by atoms with E-state index >= 15 is 0 Å². The number of amides is 2. The van der Waals surface area contributed by atoms with Crippen molar-refractivity contribution in [3.8, 4) is 11.5 Å². The fourth-order valence-electron chi connectivity index (χ4n) is 3.20. The van der Waals surface area contributed by atoms with Crippen molar-refractivity contribution in [2.75, 3.05) is 20.3 Å². The number of methoxy groups -OCH3 is 1. The molecule has 0 aromatic heterocycles. The highest BCUT2D eigenvalue weighted by Crippen LogP contribution is 2.26. The lowest BCUT2D eigenvalue weighted by molar-refractivity contribution is -0.143. The normalized spacial score (nSPS) is 11.5. The number of hydrogen-bond acceptors (Lipinski definition) is 4. The third-order valence-electron chi connectivity index (χ3n) is 4.93. The molecule has 0 radical (unpaired) electrons. The van der Waals surface area contributed by atoms with Crippen LogP contribution in [0.5, 0.6) is 11.5 Å². The van der Waals surface area contributed by atoms with Crippen LogP contribution in [0.3, 0.4) is 0 Å². The Hall–Kier alpha value is -2.73. The minimum Gasteiger partial charge on any atom is -0.493 e. The minimum absolute atomic E-state index is 0.173. The Kier molecular flexibility index (Phi) is 10.2. The summed E-state index contributed by atoms with van der Waals surface area (Å²) in [7, 11) is 1.54. The molecule has 1 unspecified atom stereocenters. The van der Waals surface area contributed by atoms with Crippen LogP contribution in [0.15, 0.2) is 48.5 Å². The molecular weight excluding hydrogens is 416 g/mol. The molecule has 2 aromatic rings. The first-order valence-electron chi connectivity index (χ1n) is 10.6. The molecule has 0 spiro atoms. The molecule has 0 saturated heterocycles. The standard InChI is InChI=1S/C24H31ClN2O4/c1-4-6-15-26-24(29)20(5-2)27(16-18-11-7-8-12-19(18)25)23(28)17-31-22-14-10-9-13-21(22)30-3/h7-14,20H,4-6,15-17H2,1-3H3,(H,26,29). The van der Waals surface area contributed by atoms with Crippen molar-refractivity contribution in [3.63, 3.8) is 0 Å². The molecule has 31 heavy (non-hydrogen) atoms. The predicted octanol–water partition coefficient (Wildman–Crippen LogP) is 4.45. The predicted molar refractivity (Wildman–Crippen MR) is 122 cm³/mol. The summed E-state index contributed by atoms with van der Waals surface area (Å²) >= 11 is 6.33. The maximum absolute atomic E-state index is 13.2. The van der Waals surface area contributed by atoms with Gasteiger partial charge in [-0.3, -0.25) is 9.59 Å². The fraction of sp³-hybridized carbons (Fsp3) is 0.417. The lowest BCUT2D eigenvalue weighted by Gasteiger charge is -2.31. The smallest absolute Gasteiger partial charge is 0.261 e. The number of benzene rings is 2. The lowest BCUT2D eigenvalue weighted by Crippen LogP contribution is -2.50. The molecule has 0 bridgehead atoms. The van der Waals surface area contributed by atoms with Crippen molar-refractivity contribution in [1.82, 2.24) is 10.2 Å². The molecule has 2 amide bonds. The van der Waals surface area contributed by atoms with Crippen molar-refractivity contribution in [3.05, 3.63) is 59.1 Å². The summed E-state index contributed by atoms with van der Waals surface area (Å²) in [5, 5.41) is 3.48. The highest BCUT2D eigenvalue weighted by molar-refractivity contribution is 6.31. The Balaban J connectivity index is 2.21. The number of nitrogens with one attached hydrogen (secondary N) is 1.